The maximum Gasteiger partial charge on any atom is 2.00 e. The van der Waals surface area contributed by atoms with Crippen LogP contribution in [0.2, 0.25) is 0 Å². The van der Waals surface area contributed by atoms with E-state index in [1.807, 2.05) is 20.3 Å². The summed E-state index contributed by atoms with van der Waals surface area (Å²) in [6.07, 6.45) is 3.13. The zero-order valence-corrected chi connectivity index (χ0v) is 15.7. The first-order valence-electron chi connectivity index (χ1n) is 5.61. The minimum atomic E-state index is 0. The fourth-order valence-corrected chi connectivity index (χ4v) is 2.15. The summed E-state index contributed by atoms with van der Waals surface area (Å²) in [5.74, 6) is 0. The van der Waals surface area contributed by atoms with Gasteiger partial charge in [0.25, 0.3) is 0 Å². The summed E-state index contributed by atoms with van der Waals surface area (Å²) in [7, 11) is 0. The average Bonchev–Trinajstić information content (AvgIpc) is 2.25. The van der Waals surface area contributed by atoms with Gasteiger partial charge >= 0.3 is 17.1 Å². The summed E-state index contributed by atoms with van der Waals surface area (Å²) >= 11 is 16.2. The minimum Gasteiger partial charge on any atom is -0.412 e. The van der Waals surface area contributed by atoms with E-state index in [0.717, 1.165) is 23.8 Å². The predicted molar refractivity (Wildman–Crippen MR) is 91.6 cm³/mol. The van der Waals surface area contributed by atoms with Crippen LogP contribution in [0.5, 0.6) is 0 Å². The molecule has 0 aliphatic heterocycles. The Labute approximate surface area is 143 Å². The number of thioether (sulfide) groups is 1. The Morgan fingerprint density at radius 2 is 1.72 bits per heavy atom. The smallest absolute Gasteiger partial charge is 0.412 e. The molecule has 0 aliphatic rings. The molecule has 0 saturated carbocycles. The molecule has 7 heteroatoms. The predicted octanol–water partition coefficient (Wildman–Crippen LogP) is 3.04. The summed E-state index contributed by atoms with van der Waals surface area (Å²) in [5, 5.41) is 6.58. The van der Waals surface area contributed by atoms with Crippen molar-refractivity contribution in [1.29, 1.82) is 0 Å². The Kier molecular flexibility index (Phi) is 23.8. The van der Waals surface area contributed by atoms with Gasteiger partial charge in [-0.3, -0.25) is 0 Å². The normalized spacial score (nSPS) is 10.2. The minimum absolute atomic E-state index is 0. The molecule has 1 atom stereocenters. The SMILES string of the molecule is CCC(C)SC(=S)NCCNC(=S)[S-].C[CH-]C.[Mn+2]. The summed E-state index contributed by atoms with van der Waals surface area (Å²) < 4.78 is 1.25. The third-order valence-electron chi connectivity index (χ3n) is 1.55. The van der Waals surface area contributed by atoms with E-state index in [9.17, 15) is 0 Å². The third kappa shape index (κ3) is 22.1. The van der Waals surface area contributed by atoms with E-state index in [2.05, 4.69) is 24.5 Å². The Morgan fingerprint density at radius 1 is 1.28 bits per heavy atom. The van der Waals surface area contributed by atoms with Crippen molar-refractivity contribution in [2.45, 2.75) is 39.4 Å². The van der Waals surface area contributed by atoms with Crippen LogP contribution < -0.4 is 10.6 Å². The van der Waals surface area contributed by atoms with E-state index in [-0.39, 0.29) is 17.1 Å². The number of hydrogen-bond donors (Lipinski definition) is 2. The number of thiocarbonyl (C=S) groups is 2. The summed E-state index contributed by atoms with van der Waals surface area (Å²) in [4.78, 5) is 0. The van der Waals surface area contributed by atoms with E-state index < -0.39 is 0 Å². The van der Waals surface area contributed by atoms with E-state index in [4.69, 9.17) is 37.1 Å². The zero-order valence-electron chi connectivity index (χ0n) is 11.3. The van der Waals surface area contributed by atoms with Crippen molar-refractivity contribution >= 4 is 57.5 Å². The fraction of sp³-hybridized carbons (Fsp3) is 0.727. The average molecular weight is 366 g/mol. The maximum absolute atomic E-state index is 5.14. The van der Waals surface area contributed by atoms with Gasteiger partial charge in [-0.2, -0.15) is 13.8 Å². The maximum atomic E-state index is 5.14. The van der Waals surface area contributed by atoms with E-state index in [1.165, 1.54) is 0 Å². The van der Waals surface area contributed by atoms with Gasteiger partial charge in [0, 0.05) is 18.3 Å². The quantitative estimate of drug-likeness (QED) is 0.255. The largest absolute Gasteiger partial charge is 2.00 e. The fourth-order valence-electron chi connectivity index (χ4n) is 0.637. The van der Waals surface area contributed by atoms with Gasteiger partial charge < -0.3 is 41.9 Å². The topological polar surface area (TPSA) is 24.1 Å². The van der Waals surface area contributed by atoms with Crippen molar-refractivity contribution in [2.24, 2.45) is 0 Å². The first-order chi connectivity index (χ1) is 7.97. The van der Waals surface area contributed by atoms with Gasteiger partial charge in [0.2, 0.25) is 0 Å². The molecule has 0 aliphatic carbocycles. The van der Waals surface area contributed by atoms with Crippen LogP contribution in [-0.2, 0) is 29.7 Å². The number of rotatable bonds is 5. The van der Waals surface area contributed by atoms with Crippen molar-refractivity contribution in [2.75, 3.05) is 13.1 Å². The molecule has 0 rings (SSSR count). The summed E-state index contributed by atoms with van der Waals surface area (Å²) in [6.45, 7) is 9.80. The summed E-state index contributed by atoms with van der Waals surface area (Å²) in [6, 6.07) is 0. The van der Waals surface area contributed by atoms with Gasteiger partial charge in [-0.15, -0.1) is 0 Å². The monoisotopic (exact) mass is 365 g/mol. The van der Waals surface area contributed by atoms with Gasteiger partial charge in [-0.25, -0.2) is 0 Å². The van der Waals surface area contributed by atoms with Gasteiger partial charge in [0.15, 0.2) is 0 Å². The van der Waals surface area contributed by atoms with Gasteiger partial charge in [0.1, 0.15) is 4.32 Å². The molecule has 2 N–H and O–H groups in total. The summed E-state index contributed by atoms with van der Waals surface area (Å²) in [5.41, 5.74) is 0. The molecule has 0 spiro atoms. The second-order valence-electron chi connectivity index (χ2n) is 3.34. The molecule has 0 amide bonds. The van der Waals surface area contributed by atoms with Crippen molar-refractivity contribution in [1.82, 2.24) is 10.6 Å². The van der Waals surface area contributed by atoms with Crippen LogP contribution in [0.3, 0.4) is 0 Å². The molecule has 0 bridgehead atoms. The Morgan fingerprint density at radius 3 is 2.11 bits per heavy atom. The molecule has 1 radical (unpaired) electrons. The second-order valence-corrected chi connectivity index (χ2v) is 6.53. The molecular weight excluding hydrogens is 343 g/mol. The molecule has 107 valence electrons. The van der Waals surface area contributed by atoms with E-state index >= 15 is 0 Å². The van der Waals surface area contributed by atoms with E-state index in [0.29, 0.717) is 9.57 Å². The van der Waals surface area contributed by atoms with Crippen molar-refractivity contribution < 1.29 is 17.1 Å². The molecule has 0 saturated heterocycles. The first kappa shape index (κ1) is 23.9. The molecule has 0 aromatic heterocycles. The van der Waals surface area contributed by atoms with Crippen LogP contribution >= 0.6 is 36.2 Å². The van der Waals surface area contributed by atoms with Gasteiger partial charge in [-0.1, -0.05) is 42.1 Å². The van der Waals surface area contributed by atoms with Gasteiger partial charge in [0.05, 0.1) is 0 Å². The van der Waals surface area contributed by atoms with Crippen LogP contribution in [0, 0.1) is 6.42 Å². The first-order valence-corrected chi connectivity index (χ1v) is 7.71. The number of hydrogen-bond acceptors (Lipinski definition) is 4. The van der Waals surface area contributed by atoms with Crippen molar-refractivity contribution in [3.05, 3.63) is 6.42 Å². The van der Waals surface area contributed by atoms with Crippen LogP contribution in [0.1, 0.15) is 34.1 Å². The third-order valence-corrected chi connectivity index (χ3v) is 3.36. The van der Waals surface area contributed by atoms with Gasteiger partial charge in [-0.05, 0) is 6.42 Å². The molecular formula is C11H22MnN2S4. The molecule has 2 nitrogen and oxygen atoms in total. The molecule has 1 unspecified atom stereocenters. The Balaban J connectivity index is -0.000000507. The molecule has 0 heterocycles. The molecule has 18 heavy (non-hydrogen) atoms. The van der Waals surface area contributed by atoms with Crippen LogP contribution in [-0.4, -0.2) is 27.0 Å². The molecule has 0 aromatic rings. The molecule has 0 fully saturated rings. The number of nitrogens with one attached hydrogen (secondary N) is 2. The Hall–Kier alpha value is 0.869. The zero-order chi connectivity index (χ0) is 13.7. The second kappa shape index (κ2) is 17.9. The van der Waals surface area contributed by atoms with Crippen LogP contribution in [0.25, 0.3) is 0 Å². The van der Waals surface area contributed by atoms with Crippen LogP contribution in [0.4, 0.5) is 0 Å². The standard InChI is InChI=1S/C8H16N2S4.C3H7.Mn/c1-3-6(2)14-8(13)10-5-4-9-7(11)12;1-3-2;/h6H,3-5H2,1-2H3,(H,10,13)(H2,9,11,12);3H,1-2H3;/q;-1;+2/p-1. The molecule has 0 aromatic carbocycles. The van der Waals surface area contributed by atoms with E-state index in [1.54, 1.807) is 11.8 Å². The van der Waals surface area contributed by atoms with Crippen LogP contribution in [0.15, 0.2) is 0 Å². The van der Waals surface area contributed by atoms with Crippen molar-refractivity contribution in [3.63, 3.8) is 0 Å². The van der Waals surface area contributed by atoms with Crippen molar-refractivity contribution in [3.8, 4) is 0 Å². The Bertz CT molecular complexity index is 215.